The molecule has 4 heteroatoms. The molecule has 0 aliphatic rings. The first-order chi connectivity index (χ1) is 7.09. The highest BCUT2D eigenvalue weighted by Gasteiger charge is 1.98. The molecule has 0 aliphatic heterocycles. The zero-order chi connectivity index (χ0) is 11.3. The molecule has 0 saturated heterocycles. The van der Waals surface area contributed by atoms with E-state index in [-0.39, 0.29) is 6.61 Å². The molecule has 0 aliphatic carbocycles. The molecule has 1 aromatic rings. The van der Waals surface area contributed by atoms with Crippen LogP contribution in [-0.2, 0) is 4.74 Å². The number of benzene rings is 1. The first-order valence-electron chi connectivity index (χ1n) is 4.72. The lowest BCUT2D eigenvalue weighted by molar-refractivity contribution is 0.134. The van der Waals surface area contributed by atoms with E-state index in [2.05, 4.69) is 4.74 Å². The minimum atomic E-state index is -0.779. The van der Waals surface area contributed by atoms with Gasteiger partial charge in [-0.25, -0.2) is 4.79 Å². The molecule has 1 rings (SSSR count). The zero-order valence-electron chi connectivity index (χ0n) is 8.95. The van der Waals surface area contributed by atoms with E-state index < -0.39 is 6.09 Å². The van der Waals surface area contributed by atoms with Gasteiger partial charge >= 0.3 is 6.09 Å². The van der Waals surface area contributed by atoms with E-state index in [1.54, 1.807) is 0 Å². The number of nitrogens with two attached hydrogens (primary N) is 1. The fourth-order valence-corrected chi connectivity index (χ4v) is 1.11. The first-order valence-corrected chi connectivity index (χ1v) is 4.72. The highest BCUT2D eigenvalue weighted by Crippen LogP contribution is 2.16. The Bertz CT molecular complexity index is 350. The van der Waals surface area contributed by atoms with Crippen LogP contribution in [-0.4, -0.2) is 19.3 Å². The van der Waals surface area contributed by atoms with E-state index >= 15 is 0 Å². The number of hydrogen-bond acceptors (Lipinski definition) is 3. The van der Waals surface area contributed by atoms with Crippen LogP contribution in [0.25, 0.3) is 0 Å². The van der Waals surface area contributed by atoms with Crippen molar-refractivity contribution < 1.29 is 14.3 Å². The van der Waals surface area contributed by atoms with Crippen LogP contribution >= 0.6 is 0 Å². The maximum absolute atomic E-state index is 10.3. The number of amides is 1. The molecule has 1 amide bonds. The van der Waals surface area contributed by atoms with Crippen LogP contribution in [0.3, 0.4) is 0 Å². The number of carbonyl (C=O) groups excluding carboxylic acids is 1. The summed E-state index contributed by atoms with van der Waals surface area (Å²) in [6.45, 7) is 4.53. The van der Waals surface area contributed by atoms with E-state index in [1.165, 1.54) is 11.1 Å². The van der Waals surface area contributed by atoms with Gasteiger partial charge < -0.3 is 15.2 Å². The van der Waals surface area contributed by atoms with Crippen molar-refractivity contribution in [3.8, 4) is 5.75 Å². The van der Waals surface area contributed by atoms with Crippen molar-refractivity contribution in [1.29, 1.82) is 0 Å². The molecule has 0 radical (unpaired) electrons. The maximum Gasteiger partial charge on any atom is 0.404 e. The van der Waals surface area contributed by atoms with Gasteiger partial charge in [0.1, 0.15) is 19.0 Å². The second-order valence-corrected chi connectivity index (χ2v) is 3.26. The van der Waals surface area contributed by atoms with Crippen LogP contribution < -0.4 is 10.5 Å². The fourth-order valence-electron chi connectivity index (χ4n) is 1.11. The van der Waals surface area contributed by atoms with Gasteiger partial charge in [-0.05, 0) is 37.1 Å². The molecule has 82 valence electrons. The standard InChI is InChI=1S/C11H15NO3/c1-8-3-4-10(7-9(8)2)14-5-6-15-11(12)13/h3-4,7H,5-6H2,1-2H3,(H2,12,13). The normalized spacial score (nSPS) is 9.73. The molecule has 0 fully saturated rings. The van der Waals surface area contributed by atoms with E-state index in [1.807, 2.05) is 32.0 Å². The van der Waals surface area contributed by atoms with Gasteiger partial charge in [0.05, 0.1) is 0 Å². The summed E-state index contributed by atoms with van der Waals surface area (Å²) in [6, 6.07) is 5.81. The van der Waals surface area contributed by atoms with Crippen molar-refractivity contribution in [2.75, 3.05) is 13.2 Å². The van der Waals surface area contributed by atoms with Crippen molar-refractivity contribution in [2.45, 2.75) is 13.8 Å². The second kappa shape index (κ2) is 5.24. The van der Waals surface area contributed by atoms with Crippen molar-refractivity contribution >= 4 is 6.09 Å². The second-order valence-electron chi connectivity index (χ2n) is 3.26. The third kappa shape index (κ3) is 3.89. The molecule has 0 spiro atoms. The van der Waals surface area contributed by atoms with Gasteiger partial charge in [0, 0.05) is 0 Å². The van der Waals surface area contributed by atoms with Gasteiger partial charge in [0.2, 0.25) is 0 Å². The monoisotopic (exact) mass is 209 g/mol. The highest BCUT2D eigenvalue weighted by atomic mass is 16.6. The molecule has 0 bridgehead atoms. The number of primary amides is 1. The molecule has 1 aromatic carbocycles. The molecule has 4 nitrogen and oxygen atoms in total. The Balaban J connectivity index is 2.38. The number of hydrogen-bond donors (Lipinski definition) is 1. The van der Waals surface area contributed by atoms with Gasteiger partial charge in [-0.1, -0.05) is 6.07 Å². The van der Waals surface area contributed by atoms with E-state index in [9.17, 15) is 4.79 Å². The number of aryl methyl sites for hydroxylation is 2. The lowest BCUT2D eigenvalue weighted by Crippen LogP contribution is -2.17. The summed E-state index contributed by atoms with van der Waals surface area (Å²) < 4.78 is 9.89. The minimum absolute atomic E-state index is 0.169. The molecule has 0 unspecified atom stereocenters. The predicted octanol–water partition coefficient (Wildman–Crippen LogP) is 1.78. The Morgan fingerprint density at radius 1 is 1.27 bits per heavy atom. The van der Waals surface area contributed by atoms with Crippen LogP contribution in [0.1, 0.15) is 11.1 Å². The van der Waals surface area contributed by atoms with Crippen LogP contribution in [0.4, 0.5) is 4.79 Å². The van der Waals surface area contributed by atoms with Crippen LogP contribution in [0.2, 0.25) is 0 Å². The summed E-state index contributed by atoms with van der Waals surface area (Å²) in [5.74, 6) is 0.770. The SMILES string of the molecule is Cc1ccc(OCCOC(N)=O)cc1C. The van der Waals surface area contributed by atoms with Crippen molar-refractivity contribution in [1.82, 2.24) is 0 Å². The molecule has 0 saturated carbocycles. The Kier molecular flexibility index (Phi) is 3.97. The topological polar surface area (TPSA) is 61.6 Å². The number of carbonyl (C=O) groups is 1. The largest absolute Gasteiger partial charge is 0.490 e. The van der Waals surface area contributed by atoms with Crippen molar-refractivity contribution in [2.24, 2.45) is 5.73 Å². The summed E-state index contributed by atoms with van der Waals surface area (Å²) in [4.78, 5) is 10.3. The van der Waals surface area contributed by atoms with Gasteiger partial charge in [-0.15, -0.1) is 0 Å². The lowest BCUT2D eigenvalue weighted by atomic mass is 10.1. The molecule has 0 atom stereocenters. The Labute approximate surface area is 89.0 Å². The molecular formula is C11H15NO3. The van der Waals surface area contributed by atoms with E-state index in [4.69, 9.17) is 10.5 Å². The summed E-state index contributed by atoms with van der Waals surface area (Å²) in [5, 5.41) is 0. The smallest absolute Gasteiger partial charge is 0.404 e. The maximum atomic E-state index is 10.3. The third-order valence-corrected chi connectivity index (χ3v) is 2.07. The van der Waals surface area contributed by atoms with Gasteiger partial charge in [-0.2, -0.15) is 0 Å². The first kappa shape index (κ1) is 11.4. The molecule has 15 heavy (non-hydrogen) atoms. The minimum Gasteiger partial charge on any atom is -0.490 e. The van der Waals surface area contributed by atoms with Crippen LogP contribution in [0, 0.1) is 13.8 Å². The van der Waals surface area contributed by atoms with Crippen LogP contribution in [0.15, 0.2) is 18.2 Å². The average Bonchev–Trinajstić information content (AvgIpc) is 2.18. The summed E-state index contributed by atoms with van der Waals surface area (Å²) in [7, 11) is 0. The Morgan fingerprint density at radius 2 is 2.00 bits per heavy atom. The Morgan fingerprint density at radius 3 is 2.60 bits per heavy atom. The van der Waals surface area contributed by atoms with Gasteiger partial charge in [0.15, 0.2) is 0 Å². The summed E-state index contributed by atoms with van der Waals surface area (Å²) in [6.07, 6.45) is -0.779. The zero-order valence-corrected chi connectivity index (χ0v) is 8.95. The predicted molar refractivity (Wildman–Crippen MR) is 56.9 cm³/mol. The highest BCUT2D eigenvalue weighted by molar-refractivity contribution is 5.64. The van der Waals surface area contributed by atoms with Gasteiger partial charge in [0.25, 0.3) is 0 Å². The molecular weight excluding hydrogens is 194 g/mol. The molecule has 0 heterocycles. The molecule has 0 aromatic heterocycles. The van der Waals surface area contributed by atoms with Crippen molar-refractivity contribution in [3.63, 3.8) is 0 Å². The van der Waals surface area contributed by atoms with E-state index in [0.29, 0.717) is 6.61 Å². The quantitative estimate of drug-likeness (QED) is 0.769. The van der Waals surface area contributed by atoms with Crippen LogP contribution in [0.5, 0.6) is 5.75 Å². The Hall–Kier alpha value is -1.71. The fraction of sp³-hybridized carbons (Fsp3) is 0.364. The lowest BCUT2D eigenvalue weighted by Gasteiger charge is -2.07. The average molecular weight is 209 g/mol. The summed E-state index contributed by atoms with van der Waals surface area (Å²) >= 11 is 0. The number of ether oxygens (including phenoxy) is 2. The van der Waals surface area contributed by atoms with Gasteiger partial charge in [-0.3, -0.25) is 0 Å². The van der Waals surface area contributed by atoms with Crippen molar-refractivity contribution in [3.05, 3.63) is 29.3 Å². The summed E-state index contributed by atoms with van der Waals surface area (Å²) in [5.41, 5.74) is 7.19. The molecule has 2 N–H and O–H groups in total. The third-order valence-electron chi connectivity index (χ3n) is 2.07. The van der Waals surface area contributed by atoms with E-state index in [0.717, 1.165) is 5.75 Å². The number of rotatable bonds is 4.